The topological polar surface area (TPSA) is 168 Å². The van der Waals surface area contributed by atoms with Gasteiger partial charge in [-0.2, -0.15) is 0 Å². The zero-order valence-corrected chi connectivity index (χ0v) is 26.1. The van der Waals surface area contributed by atoms with Crippen molar-refractivity contribution in [1.29, 1.82) is 5.41 Å². The number of amidine groups is 1. The Morgan fingerprint density at radius 1 is 1.27 bits per heavy atom. The summed E-state index contributed by atoms with van der Waals surface area (Å²) in [6.07, 6.45) is 5.05. The highest BCUT2D eigenvalue weighted by Gasteiger charge is 2.72. The number of rotatable bonds is 13. The van der Waals surface area contributed by atoms with Crippen LogP contribution in [0.5, 0.6) is 11.5 Å². The van der Waals surface area contributed by atoms with E-state index < -0.39 is 29.3 Å². The zero-order valence-electron chi connectivity index (χ0n) is 26.1. The predicted molar refractivity (Wildman–Crippen MR) is 163 cm³/mol. The average molecular weight is 612 g/mol. The van der Waals surface area contributed by atoms with Gasteiger partial charge in [0, 0.05) is 51.4 Å². The van der Waals surface area contributed by atoms with Gasteiger partial charge < -0.3 is 40.2 Å². The number of benzene rings is 1. The summed E-state index contributed by atoms with van der Waals surface area (Å²) in [6.45, 7) is 2.43. The molecular formula is C32H45N5O7. The number of carbonyl (C=O) groups excluding carboxylic acids is 3. The minimum absolute atomic E-state index is 0.0987. The molecule has 2 aliphatic carbocycles. The summed E-state index contributed by atoms with van der Waals surface area (Å²) in [5.74, 6) is 1.31. The number of unbranched alkanes of at least 4 members (excludes halogenated alkanes) is 1. The zero-order chi connectivity index (χ0) is 31.8. The third kappa shape index (κ3) is 5.42. The minimum Gasteiger partial charge on any atom is -0.493 e. The molecule has 2 amide bonds. The van der Waals surface area contributed by atoms with Crippen LogP contribution in [0.2, 0.25) is 0 Å². The van der Waals surface area contributed by atoms with Crippen molar-refractivity contribution in [1.82, 2.24) is 15.1 Å². The fourth-order valence-electron chi connectivity index (χ4n) is 7.75. The Labute approximate surface area is 258 Å². The molecule has 2 aliphatic heterocycles. The van der Waals surface area contributed by atoms with Gasteiger partial charge in [0.15, 0.2) is 23.4 Å². The van der Waals surface area contributed by atoms with Crippen LogP contribution in [0.25, 0.3) is 0 Å². The van der Waals surface area contributed by atoms with Crippen LogP contribution in [0.15, 0.2) is 24.0 Å². The first kappa shape index (κ1) is 31.8. The summed E-state index contributed by atoms with van der Waals surface area (Å²) in [5, 5.41) is 22.4. The van der Waals surface area contributed by atoms with Crippen LogP contribution >= 0.6 is 0 Å². The fourth-order valence-corrected chi connectivity index (χ4v) is 7.75. The van der Waals surface area contributed by atoms with E-state index in [0.717, 1.165) is 17.7 Å². The normalized spacial score (nSPS) is 26.9. The number of nitrogens with zero attached hydrogens (tertiary/aromatic N) is 2. The molecule has 2 heterocycles. The molecule has 0 aromatic heterocycles. The van der Waals surface area contributed by atoms with E-state index >= 15 is 0 Å². The predicted octanol–water partition coefficient (Wildman–Crippen LogP) is 2.39. The van der Waals surface area contributed by atoms with E-state index in [-0.39, 0.29) is 36.5 Å². The van der Waals surface area contributed by atoms with Gasteiger partial charge in [-0.3, -0.25) is 15.0 Å². The second-order valence-electron chi connectivity index (χ2n) is 12.7. The van der Waals surface area contributed by atoms with Crippen LogP contribution in [0.1, 0.15) is 69.4 Å². The lowest BCUT2D eigenvalue weighted by Crippen LogP contribution is -2.74. The molecule has 0 saturated carbocycles. The van der Waals surface area contributed by atoms with E-state index in [1.807, 2.05) is 13.1 Å². The smallest absolute Gasteiger partial charge is 0.414 e. The number of hydrogen-bond acceptors (Lipinski definition) is 9. The molecule has 0 radical (unpaired) electrons. The maximum Gasteiger partial charge on any atom is 0.414 e. The fraction of sp³-hybridized carbons (Fsp3) is 0.625. The standard InChI is InChI=1S/C32H45N5O7/c1-19(38)35-21(8-5-6-10-26(33)34)22(39)9-7-16-37(3)30(40)43-24-13-14-32(41)25-18-20-11-12-23(42-4)28-27(20)31(32,29(24)44-28)15-17-36(25)2/h11-13,21,25,29,41H,5-10,14-18H2,1-4H3,(H3,33,34)(H,35,38)/t21-,25+,29?,31-,32?/m0/s1. The SMILES string of the molecule is COc1ccc2c3c1OC1C(OC(=O)N(C)CCCC(=O)[C@H](CCCCC(=N)N)NC(C)=O)=CCC4(O)[C@@H](C2)N(C)CC[C@]314. The Balaban J connectivity index is 1.24. The molecular weight excluding hydrogens is 566 g/mol. The van der Waals surface area contributed by atoms with Gasteiger partial charge in [0.1, 0.15) is 5.76 Å². The Bertz CT molecular complexity index is 1360. The summed E-state index contributed by atoms with van der Waals surface area (Å²) in [7, 11) is 5.26. The molecule has 4 aliphatic rings. The van der Waals surface area contributed by atoms with Gasteiger partial charge in [0.2, 0.25) is 5.91 Å². The number of aliphatic hydroxyl groups is 1. The Hall–Kier alpha value is -3.64. The van der Waals surface area contributed by atoms with Crippen LogP contribution in [-0.2, 0) is 26.2 Å². The van der Waals surface area contributed by atoms with Crippen molar-refractivity contribution in [2.24, 2.45) is 5.73 Å². The number of amides is 2. The van der Waals surface area contributed by atoms with E-state index in [9.17, 15) is 19.5 Å². The summed E-state index contributed by atoms with van der Waals surface area (Å²) in [6, 6.07) is 3.24. The molecule has 2 bridgehead atoms. The molecule has 1 spiro atoms. The second kappa shape index (κ2) is 12.4. The molecule has 12 heteroatoms. The van der Waals surface area contributed by atoms with E-state index in [2.05, 4.69) is 16.3 Å². The van der Waals surface area contributed by atoms with Crippen LogP contribution in [0.3, 0.4) is 0 Å². The Kier molecular flexibility index (Phi) is 8.95. The number of likely N-dealkylation sites (N-methyl/N-ethyl adjacent to an activating group) is 1. The Morgan fingerprint density at radius 3 is 2.75 bits per heavy atom. The number of nitrogens with one attached hydrogen (secondary N) is 2. The van der Waals surface area contributed by atoms with Gasteiger partial charge in [0.05, 0.1) is 30.0 Å². The van der Waals surface area contributed by atoms with E-state index in [1.165, 1.54) is 11.8 Å². The van der Waals surface area contributed by atoms with Gasteiger partial charge in [-0.05, 0) is 63.4 Å². The largest absolute Gasteiger partial charge is 0.493 e. The molecule has 1 aromatic carbocycles. The maximum atomic E-state index is 13.3. The summed E-state index contributed by atoms with van der Waals surface area (Å²) in [5.41, 5.74) is 5.64. The van der Waals surface area contributed by atoms with E-state index in [4.69, 9.17) is 25.4 Å². The molecule has 1 fully saturated rings. The number of carbonyl (C=O) groups is 3. The molecule has 44 heavy (non-hydrogen) atoms. The molecule has 5 rings (SSSR count). The number of likely N-dealkylation sites (tertiary alicyclic amines) is 1. The van der Waals surface area contributed by atoms with Crippen molar-refractivity contribution in [3.05, 3.63) is 35.1 Å². The van der Waals surface area contributed by atoms with Crippen molar-refractivity contribution in [2.45, 2.75) is 93.9 Å². The minimum atomic E-state index is -1.09. The third-order valence-corrected chi connectivity index (χ3v) is 9.95. The maximum absolute atomic E-state index is 13.3. The Morgan fingerprint density at radius 2 is 2.05 bits per heavy atom. The number of Topliss-reactive ketones (excluding diaryl/α,β-unsaturated/α-hetero) is 1. The number of ether oxygens (including phenoxy) is 3. The molecule has 12 nitrogen and oxygen atoms in total. The van der Waals surface area contributed by atoms with Crippen molar-refractivity contribution in [3.63, 3.8) is 0 Å². The lowest BCUT2D eigenvalue weighted by molar-refractivity contribution is -0.163. The number of piperidine rings is 1. The van der Waals surface area contributed by atoms with Crippen LogP contribution in [-0.4, -0.2) is 96.6 Å². The van der Waals surface area contributed by atoms with Crippen molar-refractivity contribution in [2.75, 3.05) is 34.3 Å². The number of ketones is 1. The van der Waals surface area contributed by atoms with Crippen LogP contribution in [0.4, 0.5) is 4.79 Å². The second-order valence-corrected chi connectivity index (χ2v) is 12.7. The molecule has 5 N–H and O–H groups in total. The lowest BCUT2D eigenvalue weighted by Gasteiger charge is -2.61. The van der Waals surface area contributed by atoms with Crippen molar-refractivity contribution in [3.8, 4) is 11.5 Å². The van der Waals surface area contributed by atoms with Crippen LogP contribution < -0.4 is 20.5 Å². The highest BCUT2D eigenvalue weighted by Crippen LogP contribution is 2.65. The molecule has 1 saturated heterocycles. The van der Waals surface area contributed by atoms with Gasteiger partial charge in [-0.25, -0.2) is 4.79 Å². The van der Waals surface area contributed by atoms with Gasteiger partial charge in [0.25, 0.3) is 0 Å². The number of hydrogen-bond donors (Lipinski definition) is 4. The average Bonchev–Trinajstić information content (AvgIpc) is 3.33. The summed E-state index contributed by atoms with van der Waals surface area (Å²) >= 11 is 0. The van der Waals surface area contributed by atoms with Crippen molar-refractivity contribution < 1.29 is 33.7 Å². The van der Waals surface area contributed by atoms with Crippen molar-refractivity contribution >= 4 is 23.6 Å². The molecule has 240 valence electrons. The first-order chi connectivity index (χ1) is 20.9. The van der Waals surface area contributed by atoms with Gasteiger partial charge in [-0.1, -0.05) is 12.5 Å². The summed E-state index contributed by atoms with van der Waals surface area (Å²) in [4.78, 5) is 41.5. The van der Waals surface area contributed by atoms with Crippen LogP contribution in [0, 0.1) is 5.41 Å². The molecule has 1 aromatic rings. The highest BCUT2D eigenvalue weighted by atomic mass is 16.6. The van der Waals surface area contributed by atoms with E-state index in [1.54, 1.807) is 20.2 Å². The number of methoxy groups -OCH3 is 1. The van der Waals surface area contributed by atoms with Gasteiger partial charge in [-0.15, -0.1) is 0 Å². The molecule has 2 unspecified atom stereocenters. The number of nitrogens with two attached hydrogens (primary N) is 1. The lowest BCUT2D eigenvalue weighted by atomic mass is 9.50. The van der Waals surface area contributed by atoms with E-state index in [0.29, 0.717) is 68.6 Å². The third-order valence-electron chi connectivity index (χ3n) is 9.95. The first-order valence-electron chi connectivity index (χ1n) is 15.5. The first-order valence-corrected chi connectivity index (χ1v) is 15.5. The molecule has 5 atom stereocenters. The van der Waals surface area contributed by atoms with Gasteiger partial charge >= 0.3 is 6.09 Å². The highest BCUT2D eigenvalue weighted by molar-refractivity contribution is 5.88. The monoisotopic (exact) mass is 611 g/mol. The quantitative estimate of drug-likeness (QED) is 0.149. The summed E-state index contributed by atoms with van der Waals surface area (Å²) < 4.78 is 18.2.